The van der Waals surface area contributed by atoms with Crippen LogP contribution < -0.4 is 9.47 Å². The number of esters is 1. The van der Waals surface area contributed by atoms with Crippen LogP contribution in [0.2, 0.25) is 0 Å². The Balaban J connectivity index is 1.52. The summed E-state index contributed by atoms with van der Waals surface area (Å²) in [6.07, 6.45) is 1.05. The lowest BCUT2D eigenvalue weighted by Gasteiger charge is -2.17. The highest BCUT2D eigenvalue weighted by Crippen LogP contribution is 2.32. The van der Waals surface area contributed by atoms with Crippen LogP contribution in [0.4, 0.5) is 0 Å². The Morgan fingerprint density at radius 1 is 1.04 bits per heavy atom. The van der Waals surface area contributed by atoms with Crippen molar-refractivity contribution in [3.8, 4) is 11.5 Å². The Morgan fingerprint density at radius 2 is 1.73 bits per heavy atom. The minimum atomic E-state index is -0.371. The number of ether oxygens (including phenoxy) is 3. The van der Waals surface area contributed by atoms with E-state index in [1.165, 1.54) is 7.11 Å². The lowest BCUT2D eigenvalue weighted by molar-refractivity contribution is -0.130. The smallest absolute Gasteiger partial charge is 0.337 e. The Bertz CT molecular complexity index is 800. The van der Waals surface area contributed by atoms with Gasteiger partial charge in [-0.3, -0.25) is 4.79 Å². The third-order valence-electron chi connectivity index (χ3n) is 4.29. The van der Waals surface area contributed by atoms with Gasteiger partial charge in [0.05, 0.1) is 12.7 Å². The van der Waals surface area contributed by atoms with Gasteiger partial charge in [0.25, 0.3) is 0 Å². The standard InChI is InChI=1S/C20H21NO5/c1-21(12-15-3-7-16(8-4-15)20(23)24-2)19(22)10-6-14-5-9-17-18(11-14)26-13-25-17/h3-5,7-9,11H,6,10,12-13H2,1-2H3. The Hall–Kier alpha value is -3.02. The summed E-state index contributed by atoms with van der Waals surface area (Å²) in [7, 11) is 3.12. The van der Waals surface area contributed by atoms with E-state index in [0.29, 0.717) is 24.9 Å². The monoisotopic (exact) mass is 355 g/mol. The van der Waals surface area contributed by atoms with Gasteiger partial charge in [-0.2, -0.15) is 0 Å². The SMILES string of the molecule is COC(=O)c1ccc(CN(C)C(=O)CCc2ccc3c(c2)OCO3)cc1. The minimum Gasteiger partial charge on any atom is -0.465 e. The van der Waals surface area contributed by atoms with Gasteiger partial charge in [-0.15, -0.1) is 0 Å². The van der Waals surface area contributed by atoms with E-state index >= 15 is 0 Å². The number of amides is 1. The number of methoxy groups -OCH3 is 1. The molecule has 1 aliphatic heterocycles. The van der Waals surface area contributed by atoms with Gasteiger partial charge in [-0.1, -0.05) is 18.2 Å². The van der Waals surface area contributed by atoms with Crippen molar-refractivity contribution in [1.82, 2.24) is 4.90 Å². The van der Waals surface area contributed by atoms with Crippen LogP contribution in [-0.2, 0) is 22.5 Å². The lowest BCUT2D eigenvalue weighted by atomic mass is 10.1. The molecule has 0 unspecified atom stereocenters. The molecule has 0 N–H and O–H groups in total. The van der Waals surface area contributed by atoms with E-state index in [0.717, 1.165) is 22.6 Å². The van der Waals surface area contributed by atoms with Gasteiger partial charge < -0.3 is 19.1 Å². The van der Waals surface area contributed by atoms with Crippen LogP contribution in [0.15, 0.2) is 42.5 Å². The van der Waals surface area contributed by atoms with E-state index in [2.05, 4.69) is 4.74 Å². The van der Waals surface area contributed by atoms with E-state index in [1.54, 1.807) is 24.1 Å². The molecule has 1 amide bonds. The Morgan fingerprint density at radius 3 is 2.46 bits per heavy atom. The second-order valence-corrected chi connectivity index (χ2v) is 6.13. The van der Waals surface area contributed by atoms with Crippen LogP contribution in [0.5, 0.6) is 11.5 Å². The number of fused-ring (bicyclic) bond motifs is 1. The van der Waals surface area contributed by atoms with E-state index in [9.17, 15) is 9.59 Å². The molecule has 0 radical (unpaired) electrons. The minimum absolute atomic E-state index is 0.0553. The number of benzene rings is 2. The highest BCUT2D eigenvalue weighted by Gasteiger charge is 2.15. The van der Waals surface area contributed by atoms with Gasteiger partial charge in [0.1, 0.15) is 0 Å². The zero-order valence-corrected chi connectivity index (χ0v) is 14.9. The van der Waals surface area contributed by atoms with Crippen molar-refractivity contribution >= 4 is 11.9 Å². The van der Waals surface area contributed by atoms with Gasteiger partial charge >= 0.3 is 5.97 Å². The fourth-order valence-electron chi connectivity index (χ4n) is 2.76. The number of nitrogens with zero attached hydrogens (tertiary/aromatic N) is 1. The van der Waals surface area contributed by atoms with Gasteiger partial charge in [-0.25, -0.2) is 4.79 Å². The average Bonchev–Trinajstić information content (AvgIpc) is 3.13. The summed E-state index contributed by atoms with van der Waals surface area (Å²) < 4.78 is 15.3. The van der Waals surface area contributed by atoms with Crippen molar-refractivity contribution in [3.63, 3.8) is 0 Å². The van der Waals surface area contributed by atoms with Gasteiger partial charge in [0.15, 0.2) is 11.5 Å². The molecule has 1 heterocycles. The lowest BCUT2D eigenvalue weighted by Crippen LogP contribution is -2.26. The Labute approximate surface area is 152 Å². The molecule has 0 atom stereocenters. The van der Waals surface area contributed by atoms with Crippen molar-refractivity contribution in [1.29, 1.82) is 0 Å². The second kappa shape index (κ2) is 7.91. The fourth-order valence-corrected chi connectivity index (χ4v) is 2.76. The first-order chi connectivity index (χ1) is 12.6. The molecule has 0 saturated heterocycles. The predicted octanol–water partition coefficient (Wildman–Crippen LogP) is 2.79. The van der Waals surface area contributed by atoms with Gasteiger partial charge in [0.2, 0.25) is 12.7 Å². The first-order valence-corrected chi connectivity index (χ1v) is 8.36. The zero-order chi connectivity index (χ0) is 18.5. The highest BCUT2D eigenvalue weighted by atomic mass is 16.7. The number of carbonyl (C=O) groups is 2. The average molecular weight is 355 g/mol. The molecule has 0 fully saturated rings. The van der Waals surface area contributed by atoms with Crippen molar-refractivity contribution < 1.29 is 23.8 Å². The quantitative estimate of drug-likeness (QED) is 0.746. The summed E-state index contributed by atoms with van der Waals surface area (Å²) in [5.41, 5.74) is 2.49. The molecular formula is C20H21NO5. The number of hydrogen-bond donors (Lipinski definition) is 0. The molecule has 0 bridgehead atoms. The molecule has 6 heteroatoms. The van der Waals surface area contributed by atoms with Crippen LogP contribution >= 0.6 is 0 Å². The number of aryl methyl sites for hydroxylation is 1. The van der Waals surface area contributed by atoms with Crippen molar-refractivity contribution in [2.75, 3.05) is 21.0 Å². The zero-order valence-electron chi connectivity index (χ0n) is 14.9. The van der Waals surface area contributed by atoms with Crippen LogP contribution in [0.25, 0.3) is 0 Å². The maximum Gasteiger partial charge on any atom is 0.337 e. The van der Waals surface area contributed by atoms with Gasteiger partial charge in [0, 0.05) is 20.0 Å². The summed E-state index contributed by atoms with van der Waals surface area (Å²) in [6.45, 7) is 0.733. The third-order valence-corrected chi connectivity index (χ3v) is 4.29. The van der Waals surface area contributed by atoms with E-state index < -0.39 is 0 Å². The number of carbonyl (C=O) groups excluding carboxylic acids is 2. The largest absolute Gasteiger partial charge is 0.465 e. The molecule has 0 saturated carbocycles. The molecule has 2 aromatic rings. The predicted molar refractivity (Wildman–Crippen MR) is 95.1 cm³/mol. The molecule has 3 rings (SSSR count). The summed E-state index contributed by atoms with van der Waals surface area (Å²) in [4.78, 5) is 25.5. The molecule has 0 aliphatic carbocycles. The molecule has 6 nitrogen and oxygen atoms in total. The molecule has 0 aromatic heterocycles. The summed E-state index contributed by atoms with van der Waals surface area (Å²) >= 11 is 0. The molecule has 1 aliphatic rings. The van der Waals surface area contributed by atoms with Crippen LogP contribution in [0, 0.1) is 0 Å². The normalized spacial score (nSPS) is 11.9. The maximum absolute atomic E-state index is 12.4. The summed E-state index contributed by atoms with van der Waals surface area (Å²) in [5, 5.41) is 0. The van der Waals surface area contributed by atoms with E-state index in [-0.39, 0.29) is 18.7 Å². The van der Waals surface area contributed by atoms with Crippen LogP contribution in [0.1, 0.15) is 27.9 Å². The van der Waals surface area contributed by atoms with Crippen molar-refractivity contribution in [3.05, 3.63) is 59.2 Å². The van der Waals surface area contributed by atoms with Gasteiger partial charge in [-0.05, 0) is 41.8 Å². The molecule has 0 spiro atoms. The van der Waals surface area contributed by atoms with Crippen molar-refractivity contribution in [2.45, 2.75) is 19.4 Å². The third kappa shape index (κ3) is 4.14. The van der Waals surface area contributed by atoms with E-state index in [1.807, 2.05) is 30.3 Å². The first kappa shape index (κ1) is 17.8. The Kier molecular flexibility index (Phi) is 5.41. The van der Waals surface area contributed by atoms with Crippen LogP contribution in [-0.4, -0.2) is 37.7 Å². The summed E-state index contributed by atoms with van der Waals surface area (Å²) in [6, 6.07) is 12.8. The fraction of sp³-hybridized carbons (Fsp3) is 0.300. The number of hydrogen-bond acceptors (Lipinski definition) is 5. The molecule has 2 aromatic carbocycles. The highest BCUT2D eigenvalue weighted by molar-refractivity contribution is 5.89. The molecule has 26 heavy (non-hydrogen) atoms. The van der Waals surface area contributed by atoms with Crippen molar-refractivity contribution in [2.24, 2.45) is 0 Å². The summed E-state index contributed by atoms with van der Waals surface area (Å²) in [5.74, 6) is 1.16. The maximum atomic E-state index is 12.4. The van der Waals surface area contributed by atoms with E-state index in [4.69, 9.17) is 9.47 Å². The number of rotatable bonds is 6. The first-order valence-electron chi connectivity index (χ1n) is 8.36. The second-order valence-electron chi connectivity index (χ2n) is 6.13. The molecule has 136 valence electrons. The topological polar surface area (TPSA) is 65.1 Å². The molecular weight excluding hydrogens is 334 g/mol. The van der Waals surface area contributed by atoms with Crippen LogP contribution in [0.3, 0.4) is 0 Å².